The van der Waals surface area contributed by atoms with Gasteiger partial charge in [0.1, 0.15) is 5.82 Å². The summed E-state index contributed by atoms with van der Waals surface area (Å²) in [5.74, 6) is 1.98. The fraction of sp³-hybridized carbons (Fsp3) is 0.714. The number of carbonyl (C=O) groups excluding carboxylic acids is 2. The zero-order chi connectivity index (χ0) is 20.3. The third-order valence-corrected chi connectivity index (χ3v) is 5.97. The molecule has 1 aliphatic heterocycles. The molecule has 1 atom stereocenters. The number of anilines is 1. The Morgan fingerprint density at radius 1 is 1.07 bits per heavy atom. The quantitative estimate of drug-likeness (QED) is 0.777. The summed E-state index contributed by atoms with van der Waals surface area (Å²) in [5.41, 5.74) is 0.810. The molecule has 0 unspecified atom stereocenters. The second-order valence-electron chi connectivity index (χ2n) is 8.37. The molecule has 1 aliphatic carbocycles. The van der Waals surface area contributed by atoms with Crippen LogP contribution in [0.4, 0.5) is 5.82 Å². The summed E-state index contributed by atoms with van der Waals surface area (Å²) in [6, 6.07) is 1.86. The number of hydrogen-bond acceptors (Lipinski definition) is 5. The molecule has 1 saturated heterocycles. The van der Waals surface area contributed by atoms with E-state index in [1.54, 1.807) is 18.9 Å². The highest BCUT2D eigenvalue weighted by atomic mass is 16.2. The van der Waals surface area contributed by atoms with E-state index < -0.39 is 0 Å². The van der Waals surface area contributed by atoms with Gasteiger partial charge in [-0.05, 0) is 32.1 Å². The van der Waals surface area contributed by atoms with E-state index in [2.05, 4.69) is 0 Å². The Labute approximate surface area is 168 Å². The minimum absolute atomic E-state index is 0.00210. The fourth-order valence-corrected chi connectivity index (χ4v) is 4.19. The molecule has 0 N–H and O–H groups in total. The van der Waals surface area contributed by atoms with Crippen molar-refractivity contribution in [3.63, 3.8) is 0 Å². The van der Waals surface area contributed by atoms with Gasteiger partial charge >= 0.3 is 0 Å². The van der Waals surface area contributed by atoms with E-state index in [4.69, 9.17) is 9.97 Å². The van der Waals surface area contributed by atoms with Crippen LogP contribution in [0, 0.1) is 5.92 Å². The molecule has 28 heavy (non-hydrogen) atoms. The summed E-state index contributed by atoms with van der Waals surface area (Å²) in [5, 5.41) is 0. The molecule has 2 aliphatic rings. The van der Waals surface area contributed by atoms with Crippen LogP contribution in [-0.4, -0.2) is 59.3 Å². The van der Waals surface area contributed by atoms with Crippen LogP contribution < -0.4 is 4.90 Å². The zero-order valence-corrected chi connectivity index (χ0v) is 17.6. The largest absolute Gasteiger partial charge is 0.363 e. The third-order valence-electron chi connectivity index (χ3n) is 5.97. The second-order valence-corrected chi connectivity index (χ2v) is 8.37. The van der Waals surface area contributed by atoms with E-state index in [9.17, 15) is 9.59 Å². The highest BCUT2D eigenvalue weighted by Crippen LogP contribution is 2.35. The lowest BCUT2D eigenvalue weighted by Gasteiger charge is -2.36. The molecule has 1 saturated carbocycles. The van der Waals surface area contributed by atoms with Gasteiger partial charge in [-0.2, -0.15) is 0 Å². The van der Waals surface area contributed by atoms with Crippen LogP contribution in [0.15, 0.2) is 6.07 Å². The molecule has 0 spiro atoms. The molecule has 2 fully saturated rings. The van der Waals surface area contributed by atoms with Crippen molar-refractivity contribution in [3.05, 3.63) is 17.6 Å². The number of nitrogens with zero attached hydrogens (tertiary/aromatic N) is 5. The van der Waals surface area contributed by atoms with Gasteiger partial charge in [0.05, 0.1) is 18.3 Å². The van der Waals surface area contributed by atoms with E-state index in [1.807, 2.05) is 30.0 Å². The average Bonchev–Trinajstić information content (AvgIpc) is 3.21. The topological polar surface area (TPSA) is 69.6 Å². The highest BCUT2D eigenvalue weighted by molar-refractivity contribution is 5.79. The summed E-state index contributed by atoms with van der Waals surface area (Å²) < 4.78 is 0. The molecule has 2 amide bonds. The van der Waals surface area contributed by atoms with Crippen LogP contribution >= 0.6 is 0 Å². The fourth-order valence-electron chi connectivity index (χ4n) is 4.19. The average molecular weight is 388 g/mol. The molecule has 7 heteroatoms. The lowest BCUT2D eigenvalue weighted by atomic mass is 9.97. The SMILES string of the molecule is CC(=O)N(C)Cc1cc(N(C)C)nc([C@H]2CCCCN2C(=O)C2CCCC2)n1. The predicted molar refractivity (Wildman–Crippen MR) is 109 cm³/mol. The number of carbonyl (C=O) groups is 2. The maximum Gasteiger partial charge on any atom is 0.226 e. The molecule has 0 aromatic carbocycles. The van der Waals surface area contributed by atoms with Gasteiger partial charge in [0.15, 0.2) is 5.82 Å². The summed E-state index contributed by atoms with van der Waals surface area (Å²) >= 11 is 0. The maximum atomic E-state index is 13.2. The van der Waals surface area contributed by atoms with E-state index in [-0.39, 0.29) is 23.8 Å². The molecule has 2 heterocycles. The monoisotopic (exact) mass is 387 g/mol. The summed E-state index contributed by atoms with van der Waals surface area (Å²) in [4.78, 5) is 40.0. The van der Waals surface area contributed by atoms with Gasteiger partial charge in [-0.15, -0.1) is 0 Å². The molecule has 154 valence electrons. The summed E-state index contributed by atoms with van der Waals surface area (Å²) in [6.07, 6.45) is 7.35. The lowest BCUT2D eigenvalue weighted by Crippen LogP contribution is -2.42. The van der Waals surface area contributed by atoms with E-state index >= 15 is 0 Å². The smallest absolute Gasteiger partial charge is 0.226 e. The molecule has 0 radical (unpaired) electrons. The van der Waals surface area contributed by atoms with Gasteiger partial charge in [-0.1, -0.05) is 12.8 Å². The number of piperidine rings is 1. The van der Waals surface area contributed by atoms with Crippen molar-refractivity contribution in [2.75, 3.05) is 32.6 Å². The minimum atomic E-state index is -0.0665. The molecular formula is C21H33N5O2. The first-order chi connectivity index (χ1) is 13.4. The highest BCUT2D eigenvalue weighted by Gasteiger charge is 2.35. The van der Waals surface area contributed by atoms with Gasteiger partial charge < -0.3 is 14.7 Å². The molecular weight excluding hydrogens is 354 g/mol. The van der Waals surface area contributed by atoms with Crippen molar-refractivity contribution in [2.24, 2.45) is 5.92 Å². The predicted octanol–water partition coefficient (Wildman–Crippen LogP) is 2.76. The Kier molecular flexibility index (Phi) is 6.52. The summed E-state index contributed by atoms with van der Waals surface area (Å²) in [7, 11) is 5.68. The van der Waals surface area contributed by atoms with Crippen LogP contribution in [0.25, 0.3) is 0 Å². The molecule has 3 rings (SSSR count). The minimum Gasteiger partial charge on any atom is -0.363 e. The van der Waals surface area contributed by atoms with Crippen molar-refractivity contribution < 1.29 is 9.59 Å². The van der Waals surface area contributed by atoms with Crippen molar-refractivity contribution in [3.8, 4) is 0 Å². The third kappa shape index (κ3) is 4.62. The first-order valence-corrected chi connectivity index (χ1v) is 10.4. The second kappa shape index (κ2) is 8.88. The van der Waals surface area contributed by atoms with Crippen molar-refractivity contribution >= 4 is 17.6 Å². The Bertz CT molecular complexity index is 715. The van der Waals surface area contributed by atoms with Gasteiger partial charge in [0.25, 0.3) is 0 Å². The van der Waals surface area contributed by atoms with Crippen LogP contribution in [0.5, 0.6) is 0 Å². The Morgan fingerprint density at radius 3 is 2.39 bits per heavy atom. The first kappa shape index (κ1) is 20.6. The standard InChI is InChI=1S/C21H33N5O2/c1-15(27)25(4)14-17-13-19(24(2)3)23-20(22-17)18-11-7-8-12-26(18)21(28)16-9-5-6-10-16/h13,16,18H,5-12,14H2,1-4H3/t18-/m1/s1. The Balaban J connectivity index is 1.90. The van der Waals surface area contributed by atoms with Gasteiger partial charge in [-0.3, -0.25) is 9.59 Å². The van der Waals surface area contributed by atoms with Crippen molar-refractivity contribution in [1.29, 1.82) is 0 Å². The number of amides is 2. The lowest BCUT2D eigenvalue weighted by molar-refractivity contribution is -0.139. The number of likely N-dealkylation sites (tertiary alicyclic amines) is 1. The number of rotatable bonds is 5. The van der Waals surface area contributed by atoms with Crippen LogP contribution in [0.2, 0.25) is 0 Å². The van der Waals surface area contributed by atoms with E-state index in [0.29, 0.717) is 12.4 Å². The van der Waals surface area contributed by atoms with Gasteiger partial charge in [0.2, 0.25) is 11.8 Å². The van der Waals surface area contributed by atoms with Crippen molar-refractivity contribution in [1.82, 2.24) is 19.8 Å². The molecule has 7 nitrogen and oxygen atoms in total. The molecule has 1 aromatic heterocycles. The van der Waals surface area contributed by atoms with Gasteiger partial charge in [0, 0.05) is 46.6 Å². The van der Waals surface area contributed by atoms with E-state index in [1.165, 1.54) is 0 Å². The van der Waals surface area contributed by atoms with Crippen LogP contribution in [0.3, 0.4) is 0 Å². The van der Waals surface area contributed by atoms with Crippen LogP contribution in [0.1, 0.15) is 69.4 Å². The van der Waals surface area contributed by atoms with E-state index in [0.717, 1.165) is 63.0 Å². The first-order valence-electron chi connectivity index (χ1n) is 10.4. The normalized spacial score (nSPS) is 20.3. The van der Waals surface area contributed by atoms with Crippen molar-refractivity contribution in [2.45, 2.75) is 64.5 Å². The summed E-state index contributed by atoms with van der Waals surface area (Å²) in [6.45, 7) is 2.78. The molecule has 1 aromatic rings. The maximum absolute atomic E-state index is 13.2. The Hall–Kier alpha value is -2.18. The van der Waals surface area contributed by atoms with Gasteiger partial charge in [-0.25, -0.2) is 9.97 Å². The van der Waals surface area contributed by atoms with Crippen LogP contribution in [-0.2, 0) is 16.1 Å². The zero-order valence-electron chi connectivity index (χ0n) is 17.6. The Morgan fingerprint density at radius 2 is 1.75 bits per heavy atom. The molecule has 0 bridgehead atoms. The number of hydrogen-bond donors (Lipinski definition) is 0. The number of aromatic nitrogens is 2.